The van der Waals surface area contributed by atoms with E-state index in [4.69, 9.17) is 4.42 Å². The van der Waals surface area contributed by atoms with Crippen LogP contribution >= 0.6 is 0 Å². The molecule has 3 rings (SSSR count). The molecule has 5 nitrogen and oxygen atoms in total. The van der Waals surface area contributed by atoms with Gasteiger partial charge in [-0.1, -0.05) is 74.5 Å². The Bertz CT molecular complexity index is 996. The SMILES string of the molecule is CC(C)CN(CC(=O)N(Cc1ccccc1)Cc1ccco1)C(=O)C=Cc1ccccc1. The first-order chi connectivity index (χ1) is 15.5. The average molecular weight is 431 g/mol. The van der Waals surface area contributed by atoms with E-state index in [1.165, 1.54) is 0 Å². The molecule has 2 amide bonds. The third-order valence-corrected chi connectivity index (χ3v) is 4.94. The second kappa shape index (κ2) is 11.7. The molecule has 0 aliphatic heterocycles. The molecule has 166 valence electrons. The van der Waals surface area contributed by atoms with Gasteiger partial charge in [0.2, 0.25) is 11.8 Å². The molecule has 0 N–H and O–H groups in total. The molecule has 0 aliphatic carbocycles. The van der Waals surface area contributed by atoms with Crippen LogP contribution < -0.4 is 0 Å². The van der Waals surface area contributed by atoms with Crippen LogP contribution in [0.5, 0.6) is 0 Å². The molecule has 2 aromatic carbocycles. The number of nitrogens with zero attached hydrogens (tertiary/aromatic N) is 2. The molecule has 0 saturated heterocycles. The zero-order chi connectivity index (χ0) is 22.8. The van der Waals surface area contributed by atoms with Gasteiger partial charge in [0.05, 0.1) is 12.8 Å². The molecule has 0 saturated carbocycles. The zero-order valence-electron chi connectivity index (χ0n) is 18.7. The van der Waals surface area contributed by atoms with Gasteiger partial charge in [-0.05, 0) is 35.3 Å². The summed E-state index contributed by atoms with van der Waals surface area (Å²) in [6, 6.07) is 23.2. The van der Waals surface area contributed by atoms with Crippen LogP contribution in [0.4, 0.5) is 0 Å². The number of amides is 2. The Labute approximate surface area is 190 Å². The minimum Gasteiger partial charge on any atom is -0.467 e. The Morgan fingerprint density at radius 3 is 2.19 bits per heavy atom. The highest BCUT2D eigenvalue weighted by molar-refractivity contribution is 5.94. The molecule has 1 heterocycles. The van der Waals surface area contributed by atoms with E-state index < -0.39 is 0 Å². The average Bonchev–Trinajstić information content (AvgIpc) is 3.31. The summed E-state index contributed by atoms with van der Waals surface area (Å²) < 4.78 is 5.47. The van der Waals surface area contributed by atoms with Crippen molar-refractivity contribution in [3.63, 3.8) is 0 Å². The molecule has 0 radical (unpaired) electrons. The second-order valence-corrected chi connectivity index (χ2v) is 8.17. The van der Waals surface area contributed by atoms with Gasteiger partial charge in [0.25, 0.3) is 0 Å². The van der Waals surface area contributed by atoms with Crippen LogP contribution in [0.1, 0.15) is 30.7 Å². The van der Waals surface area contributed by atoms with E-state index in [1.807, 2.05) is 86.6 Å². The lowest BCUT2D eigenvalue weighted by Gasteiger charge is -2.28. The molecule has 32 heavy (non-hydrogen) atoms. The van der Waals surface area contributed by atoms with Crippen LogP contribution in [-0.2, 0) is 22.7 Å². The molecule has 0 atom stereocenters. The predicted octanol–water partition coefficient (Wildman–Crippen LogP) is 5.01. The molecule has 5 heteroatoms. The second-order valence-electron chi connectivity index (χ2n) is 8.17. The van der Waals surface area contributed by atoms with Crippen molar-refractivity contribution in [1.82, 2.24) is 9.80 Å². The summed E-state index contributed by atoms with van der Waals surface area (Å²) in [6.07, 6.45) is 4.92. The van der Waals surface area contributed by atoms with Gasteiger partial charge in [-0.2, -0.15) is 0 Å². The molecule has 3 aromatic rings. The summed E-state index contributed by atoms with van der Waals surface area (Å²) in [4.78, 5) is 29.6. The minimum absolute atomic E-state index is 0.0175. The van der Waals surface area contributed by atoms with Gasteiger partial charge >= 0.3 is 0 Å². The highest BCUT2D eigenvalue weighted by Crippen LogP contribution is 2.13. The summed E-state index contributed by atoms with van der Waals surface area (Å²) in [5, 5.41) is 0. The fourth-order valence-corrected chi connectivity index (χ4v) is 3.40. The summed E-state index contributed by atoms with van der Waals surface area (Å²) >= 11 is 0. The number of carbonyl (C=O) groups is 2. The molecule has 0 bridgehead atoms. The monoisotopic (exact) mass is 430 g/mol. The van der Waals surface area contributed by atoms with E-state index in [-0.39, 0.29) is 24.3 Å². The van der Waals surface area contributed by atoms with E-state index in [1.54, 1.807) is 28.2 Å². The number of benzene rings is 2. The fourth-order valence-electron chi connectivity index (χ4n) is 3.40. The summed E-state index contributed by atoms with van der Waals surface area (Å²) in [6.45, 7) is 5.40. The lowest BCUT2D eigenvalue weighted by Crippen LogP contribution is -2.43. The lowest BCUT2D eigenvalue weighted by molar-refractivity contribution is -0.139. The van der Waals surface area contributed by atoms with Crippen molar-refractivity contribution in [1.29, 1.82) is 0 Å². The maximum Gasteiger partial charge on any atom is 0.247 e. The number of hydrogen-bond donors (Lipinski definition) is 0. The topological polar surface area (TPSA) is 53.8 Å². The molecule has 1 aromatic heterocycles. The lowest BCUT2D eigenvalue weighted by atomic mass is 10.1. The van der Waals surface area contributed by atoms with Gasteiger partial charge in [0, 0.05) is 19.2 Å². The predicted molar refractivity (Wildman–Crippen MR) is 126 cm³/mol. The Hall–Kier alpha value is -3.60. The van der Waals surface area contributed by atoms with Crippen LogP contribution in [0.2, 0.25) is 0 Å². The maximum atomic E-state index is 13.3. The van der Waals surface area contributed by atoms with Gasteiger partial charge in [0.15, 0.2) is 0 Å². The molecule has 0 unspecified atom stereocenters. The van der Waals surface area contributed by atoms with Crippen LogP contribution in [0.25, 0.3) is 6.08 Å². The van der Waals surface area contributed by atoms with Crippen LogP contribution in [-0.4, -0.2) is 34.7 Å². The molecular formula is C27H30N2O3. The quantitative estimate of drug-likeness (QED) is 0.425. The van der Waals surface area contributed by atoms with Crippen LogP contribution in [0.15, 0.2) is 89.6 Å². The highest BCUT2D eigenvalue weighted by atomic mass is 16.3. The first-order valence-electron chi connectivity index (χ1n) is 10.9. The van der Waals surface area contributed by atoms with Crippen molar-refractivity contribution in [2.24, 2.45) is 5.92 Å². The van der Waals surface area contributed by atoms with Gasteiger partial charge in [-0.3, -0.25) is 9.59 Å². The number of carbonyl (C=O) groups excluding carboxylic acids is 2. The fraction of sp³-hybridized carbons (Fsp3) is 0.259. The van der Waals surface area contributed by atoms with Crippen molar-refractivity contribution in [2.45, 2.75) is 26.9 Å². The summed E-state index contributed by atoms with van der Waals surface area (Å²) in [5.41, 5.74) is 1.97. The number of rotatable bonds is 10. The largest absolute Gasteiger partial charge is 0.467 e. The van der Waals surface area contributed by atoms with Gasteiger partial charge in [-0.15, -0.1) is 0 Å². The number of furan rings is 1. The first-order valence-corrected chi connectivity index (χ1v) is 10.9. The zero-order valence-corrected chi connectivity index (χ0v) is 18.7. The Morgan fingerprint density at radius 2 is 1.56 bits per heavy atom. The van der Waals surface area contributed by atoms with Crippen LogP contribution in [0.3, 0.4) is 0 Å². The minimum atomic E-state index is -0.173. The van der Waals surface area contributed by atoms with E-state index >= 15 is 0 Å². The van der Waals surface area contributed by atoms with Gasteiger partial charge in [-0.25, -0.2) is 0 Å². The van der Waals surface area contributed by atoms with E-state index in [0.29, 0.717) is 25.4 Å². The molecule has 0 fully saturated rings. The van der Waals surface area contributed by atoms with Crippen molar-refractivity contribution < 1.29 is 14.0 Å². The Balaban J connectivity index is 1.74. The van der Waals surface area contributed by atoms with E-state index in [0.717, 1.165) is 11.1 Å². The van der Waals surface area contributed by atoms with Crippen LogP contribution in [0, 0.1) is 5.92 Å². The summed E-state index contributed by atoms with van der Waals surface area (Å²) in [7, 11) is 0. The summed E-state index contributed by atoms with van der Waals surface area (Å²) in [5.74, 6) is 0.658. The van der Waals surface area contributed by atoms with E-state index in [9.17, 15) is 9.59 Å². The third kappa shape index (κ3) is 7.27. The Morgan fingerprint density at radius 1 is 0.875 bits per heavy atom. The van der Waals surface area contributed by atoms with Crippen molar-refractivity contribution >= 4 is 17.9 Å². The normalized spacial score (nSPS) is 11.1. The number of hydrogen-bond acceptors (Lipinski definition) is 3. The first kappa shape index (κ1) is 23.1. The van der Waals surface area contributed by atoms with Gasteiger partial charge < -0.3 is 14.2 Å². The molecular weight excluding hydrogens is 400 g/mol. The maximum absolute atomic E-state index is 13.3. The standard InChI is InChI=1S/C27H30N2O3/c1-22(2)18-28(26(30)16-15-23-10-5-3-6-11-23)21-27(31)29(20-25-14-9-17-32-25)19-24-12-7-4-8-13-24/h3-17,22H,18-21H2,1-2H3. The smallest absolute Gasteiger partial charge is 0.247 e. The Kier molecular flexibility index (Phi) is 8.44. The van der Waals surface area contributed by atoms with Gasteiger partial charge in [0.1, 0.15) is 12.3 Å². The molecule has 0 aliphatic rings. The van der Waals surface area contributed by atoms with Crippen molar-refractivity contribution in [3.8, 4) is 0 Å². The highest BCUT2D eigenvalue weighted by Gasteiger charge is 2.22. The third-order valence-electron chi connectivity index (χ3n) is 4.94. The van der Waals surface area contributed by atoms with Crippen molar-refractivity contribution in [2.75, 3.05) is 13.1 Å². The van der Waals surface area contributed by atoms with Crippen molar-refractivity contribution in [3.05, 3.63) is 102 Å². The molecule has 0 spiro atoms. The van der Waals surface area contributed by atoms with E-state index in [2.05, 4.69) is 0 Å².